The molecular formula is C11H14BrNO3. The van der Waals surface area contributed by atoms with E-state index in [1.165, 1.54) is 0 Å². The number of halogens is 1. The molecule has 0 fully saturated rings. The van der Waals surface area contributed by atoms with Crippen LogP contribution in [0.25, 0.3) is 0 Å². The van der Waals surface area contributed by atoms with Gasteiger partial charge in [-0.2, -0.15) is 0 Å². The third-order valence-corrected chi connectivity index (χ3v) is 2.47. The van der Waals surface area contributed by atoms with E-state index in [2.05, 4.69) is 21.2 Å². The second-order valence-electron chi connectivity index (χ2n) is 3.12. The van der Waals surface area contributed by atoms with Crippen LogP contribution in [0.2, 0.25) is 0 Å². The Morgan fingerprint density at radius 3 is 2.94 bits per heavy atom. The van der Waals surface area contributed by atoms with Crippen molar-refractivity contribution in [3.63, 3.8) is 0 Å². The molecule has 0 bridgehead atoms. The lowest BCUT2D eigenvalue weighted by Crippen LogP contribution is -2.12. The average molecular weight is 288 g/mol. The number of hydrogen-bond acceptors (Lipinski definition) is 3. The summed E-state index contributed by atoms with van der Waals surface area (Å²) >= 11 is 3.24. The van der Waals surface area contributed by atoms with Crippen molar-refractivity contribution in [2.24, 2.45) is 0 Å². The number of aromatic carboxylic acids is 1. The normalized spacial score (nSPS) is 10.1. The molecule has 4 nitrogen and oxygen atoms in total. The molecule has 88 valence electrons. The van der Waals surface area contributed by atoms with Gasteiger partial charge in [-0.05, 0) is 25.1 Å². The van der Waals surface area contributed by atoms with Crippen LogP contribution in [0, 0.1) is 0 Å². The predicted molar refractivity (Wildman–Crippen MR) is 66.1 cm³/mol. The number of rotatable bonds is 6. The van der Waals surface area contributed by atoms with Gasteiger partial charge < -0.3 is 15.2 Å². The molecule has 1 aromatic rings. The zero-order valence-corrected chi connectivity index (χ0v) is 10.6. The number of benzene rings is 1. The molecule has 0 aliphatic heterocycles. The SMILES string of the molecule is CCOCCNc1ccc(Br)cc1C(=O)O. The standard InChI is InChI=1S/C11H14BrNO3/c1-2-16-6-5-13-10-4-3-8(12)7-9(10)11(14)15/h3-4,7,13H,2,5-6H2,1H3,(H,14,15). The number of carboxylic acid groups (broad SMARTS) is 1. The third kappa shape index (κ3) is 3.83. The van der Waals surface area contributed by atoms with E-state index < -0.39 is 5.97 Å². The quantitative estimate of drug-likeness (QED) is 0.790. The highest BCUT2D eigenvalue weighted by atomic mass is 79.9. The van der Waals surface area contributed by atoms with Crippen molar-refractivity contribution in [2.45, 2.75) is 6.92 Å². The summed E-state index contributed by atoms with van der Waals surface area (Å²) in [6.07, 6.45) is 0. The lowest BCUT2D eigenvalue weighted by molar-refractivity contribution is 0.0697. The fourth-order valence-electron chi connectivity index (χ4n) is 1.25. The molecule has 0 radical (unpaired) electrons. The lowest BCUT2D eigenvalue weighted by atomic mass is 10.2. The van der Waals surface area contributed by atoms with Gasteiger partial charge in [0.1, 0.15) is 0 Å². The second-order valence-corrected chi connectivity index (χ2v) is 4.03. The third-order valence-electron chi connectivity index (χ3n) is 1.98. The Kier molecular flexibility index (Phi) is 5.28. The Morgan fingerprint density at radius 2 is 2.31 bits per heavy atom. The van der Waals surface area contributed by atoms with Gasteiger partial charge in [0.15, 0.2) is 0 Å². The van der Waals surface area contributed by atoms with Gasteiger partial charge in [-0.1, -0.05) is 15.9 Å². The molecule has 5 heteroatoms. The minimum atomic E-state index is -0.944. The largest absolute Gasteiger partial charge is 0.478 e. The van der Waals surface area contributed by atoms with E-state index in [4.69, 9.17) is 9.84 Å². The molecule has 16 heavy (non-hydrogen) atoms. The summed E-state index contributed by atoms with van der Waals surface area (Å²) < 4.78 is 5.91. The van der Waals surface area contributed by atoms with Crippen LogP contribution >= 0.6 is 15.9 Å². The van der Waals surface area contributed by atoms with Crippen molar-refractivity contribution in [2.75, 3.05) is 25.1 Å². The van der Waals surface area contributed by atoms with Crippen LogP contribution in [-0.4, -0.2) is 30.8 Å². The summed E-state index contributed by atoms with van der Waals surface area (Å²) in [6.45, 7) is 3.73. The van der Waals surface area contributed by atoms with E-state index in [9.17, 15) is 4.79 Å². The highest BCUT2D eigenvalue weighted by Crippen LogP contribution is 2.20. The Labute approximate surface area is 103 Å². The lowest BCUT2D eigenvalue weighted by Gasteiger charge is -2.09. The summed E-state index contributed by atoms with van der Waals surface area (Å²) in [4.78, 5) is 11.0. The van der Waals surface area contributed by atoms with Gasteiger partial charge in [-0.15, -0.1) is 0 Å². The van der Waals surface area contributed by atoms with Gasteiger partial charge in [-0.3, -0.25) is 0 Å². The van der Waals surface area contributed by atoms with Crippen molar-refractivity contribution in [1.29, 1.82) is 0 Å². The summed E-state index contributed by atoms with van der Waals surface area (Å²) in [5, 5.41) is 12.0. The van der Waals surface area contributed by atoms with Crippen molar-refractivity contribution < 1.29 is 14.6 Å². The molecule has 2 N–H and O–H groups in total. The maximum absolute atomic E-state index is 11.0. The first-order chi connectivity index (χ1) is 7.65. The van der Waals surface area contributed by atoms with Crippen LogP contribution in [0.1, 0.15) is 17.3 Å². The molecule has 1 rings (SSSR count). The van der Waals surface area contributed by atoms with Crippen molar-refractivity contribution in [1.82, 2.24) is 0 Å². The molecule has 0 aliphatic carbocycles. The van der Waals surface area contributed by atoms with Crippen LogP contribution in [0.5, 0.6) is 0 Å². The van der Waals surface area contributed by atoms with Gasteiger partial charge in [0.2, 0.25) is 0 Å². The molecule has 0 saturated carbocycles. The molecule has 0 unspecified atom stereocenters. The van der Waals surface area contributed by atoms with E-state index in [0.29, 0.717) is 25.4 Å². The van der Waals surface area contributed by atoms with Crippen LogP contribution in [0.3, 0.4) is 0 Å². The number of carboxylic acids is 1. The van der Waals surface area contributed by atoms with Gasteiger partial charge >= 0.3 is 5.97 Å². The van der Waals surface area contributed by atoms with E-state index in [0.717, 1.165) is 4.47 Å². The first-order valence-electron chi connectivity index (χ1n) is 4.99. The fourth-order valence-corrected chi connectivity index (χ4v) is 1.61. The van der Waals surface area contributed by atoms with Crippen LogP contribution < -0.4 is 5.32 Å². The average Bonchev–Trinajstić information content (AvgIpc) is 2.26. The van der Waals surface area contributed by atoms with Crippen molar-refractivity contribution in [3.05, 3.63) is 28.2 Å². The highest BCUT2D eigenvalue weighted by molar-refractivity contribution is 9.10. The van der Waals surface area contributed by atoms with E-state index >= 15 is 0 Å². The first-order valence-corrected chi connectivity index (χ1v) is 5.79. The molecular weight excluding hydrogens is 274 g/mol. The topological polar surface area (TPSA) is 58.6 Å². The van der Waals surface area contributed by atoms with E-state index in [1.807, 2.05) is 6.92 Å². The Morgan fingerprint density at radius 1 is 1.56 bits per heavy atom. The Hall–Kier alpha value is -1.07. The number of carbonyl (C=O) groups is 1. The number of nitrogens with one attached hydrogen (secondary N) is 1. The monoisotopic (exact) mass is 287 g/mol. The van der Waals surface area contributed by atoms with E-state index in [-0.39, 0.29) is 5.56 Å². The fraction of sp³-hybridized carbons (Fsp3) is 0.364. The van der Waals surface area contributed by atoms with Crippen LogP contribution in [0.15, 0.2) is 22.7 Å². The maximum atomic E-state index is 11.0. The summed E-state index contributed by atoms with van der Waals surface area (Å²) in [7, 11) is 0. The van der Waals surface area contributed by atoms with Crippen molar-refractivity contribution >= 4 is 27.6 Å². The molecule has 0 atom stereocenters. The number of hydrogen-bond donors (Lipinski definition) is 2. The number of ether oxygens (including phenoxy) is 1. The minimum Gasteiger partial charge on any atom is -0.478 e. The molecule has 0 heterocycles. The molecule has 0 aliphatic rings. The predicted octanol–water partition coefficient (Wildman–Crippen LogP) is 2.60. The first kappa shape index (κ1) is 13.0. The second kappa shape index (κ2) is 6.50. The smallest absolute Gasteiger partial charge is 0.337 e. The molecule has 0 spiro atoms. The minimum absolute atomic E-state index is 0.255. The zero-order chi connectivity index (χ0) is 12.0. The van der Waals surface area contributed by atoms with Gasteiger partial charge in [-0.25, -0.2) is 4.79 Å². The van der Waals surface area contributed by atoms with Gasteiger partial charge in [0, 0.05) is 23.3 Å². The zero-order valence-electron chi connectivity index (χ0n) is 9.00. The summed E-state index contributed by atoms with van der Waals surface area (Å²) in [5.74, 6) is -0.944. The van der Waals surface area contributed by atoms with Crippen LogP contribution in [0.4, 0.5) is 5.69 Å². The molecule has 0 saturated heterocycles. The number of anilines is 1. The Bertz CT molecular complexity index is 368. The highest BCUT2D eigenvalue weighted by Gasteiger charge is 2.09. The van der Waals surface area contributed by atoms with Crippen molar-refractivity contribution in [3.8, 4) is 0 Å². The van der Waals surface area contributed by atoms with E-state index in [1.54, 1.807) is 18.2 Å². The van der Waals surface area contributed by atoms with Crippen LogP contribution in [-0.2, 0) is 4.74 Å². The molecule has 0 aromatic heterocycles. The summed E-state index contributed by atoms with van der Waals surface area (Å²) in [5.41, 5.74) is 0.862. The van der Waals surface area contributed by atoms with Gasteiger partial charge in [0.05, 0.1) is 12.2 Å². The van der Waals surface area contributed by atoms with Gasteiger partial charge in [0.25, 0.3) is 0 Å². The maximum Gasteiger partial charge on any atom is 0.337 e. The molecule has 0 amide bonds. The summed E-state index contributed by atoms with van der Waals surface area (Å²) in [6, 6.07) is 5.11. The molecule has 1 aromatic carbocycles. The Balaban J connectivity index is 2.67.